The first kappa shape index (κ1) is 39.9. The molecule has 5 heteroatoms. The molecule has 0 unspecified atom stereocenters. The van der Waals surface area contributed by atoms with Crippen LogP contribution in [0.25, 0.3) is 0 Å². The predicted octanol–water partition coefficient (Wildman–Crippen LogP) is 7.16. The van der Waals surface area contributed by atoms with Crippen molar-refractivity contribution >= 4 is 0 Å². The van der Waals surface area contributed by atoms with Crippen molar-refractivity contribution in [2.45, 2.75) is 179 Å². The van der Waals surface area contributed by atoms with Gasteiger partial charge >= 0.3 is 0 Å². The molecule has 0 aliphatic heterocycles. The molecule has 232 valence electrons. The van der Waals surface area contributed by atoms with Crippen LogP contribution in [0.1, 0.15) is 125 Å². The molecule has 0 bridgehead atoms. The summed E-state index contributed by atoms with van der Waals surface area (Å²) in [6, 6.07) is 5.66. The van der Waals surface area contributed by atoms with Gasteiger partial charge in [0.05, 0.1) is 0 Å². The van der Waals surface area contributed by atoms with Crippen LogP contribution in [0.15, 0.2) is 0 Å². The molecule has 0 aromatic carbocycles. The third-order valence-corrected chi connectivity index (χ3v) is 7.94. The second-order valence-electron chi connectivity index (χ2n) is 13.8. The van der Waals surface area contributed by atoms with Crippen molar-refractivity contribution in [1.29, 1.82) is 0 Å². The van der Waals surface area contributed by atoms with E-state index in [4.69, 9.17) is 0 Å². The molecular weight excluding hydrogens is 466 g/mol. The van der Waals surface area contributed by atoms with Crippen LogP contribution >= 0.6 is 0 Å². The van der Waals surface area contributed by atoms with Gasteiger partial charge in [-0.3, -0.25) is 24.5 Å². The summed E-state index contributed by atoms with van der Waals surface area (Å²) in [4.78, 5) is 13.0. The van der Waals surface area contributed by atoms with Crippen molar-refractivity contribution < 1.29 is 0 Å². The van der Waals surface area contributed by atoms with Crippen LogP contribution in [0.5, 0.6) is 0 Å². The van der Waals surface area contributed by atoms with Crippen LogP contribution < -0.4 is 0 Å². The van der Waals surface area contributed by atoms with Crippen LogP contribution in [-0.2, 0) is 0 Å². The van der Waals surface area contributed by atoms with Gasteiger partial charge in [-0.1, -0.05) is 0 Å². The summed E-state index contributed by atoms with van der Waals surface area (Å²) >= 11 is 0. The average molecular weight is 542 g/mol. The molecule has 0 saturated carbocycles. The Labute approximate surface area is 242 Å². The first-order chi connectivity index (χ1) is 17.3. The molecule has 0 aromatic heterocycles. The van der Waals surface area contributed by atoms with E-state index in [1.165, 1.54) is 13.1 Å². The van der Waals surface area contributed by atoms with E-state index in [0.29, 0.717) is 54.4 Å². The Balaban J connectivity index is 0. The third-order valence-electron chi connectivity index (χ3n) is 7.94. The van der Waals surface area contributed by atoms with Crippen molar-refractivity contribution in [3.05, 3.63) is 0 Å². The SMILES string of the molecule is CC(C)N(CCN(C(C)C)C(C)C)C(C)C.CC(C)N(CCN(C(C)C)C(C)C)CCN(C(C)C)C(C)C. The smallest absolute Gasteiger partial charge is 0.0115 e. The first-order valence-corrected chi connectivity index (χ1v) is 16.1. The van der Waals surface area contributed by atoms with E-state index in [1.807, 2.05) is 0 Å². The maximum atomic E-state index is 2.63. The van der Waals surface area contributed by atoms with Crippen LogP contribution in [-0.4, -0.2) is 118 Å². The Morgan fingerprint density at radius 1 is 0.237 bits per heavy atom. The summed E-state index contributed by atoms with van der Waals surface area (Å²) < 4.78 is 0. The molecule has 0 aromatic rings. The molecule has 0 heterocycles. The lowest BCUT2D eigenvalue weighted by Crippen LogP contribution is -2.48. The minimum Gasteiger partial charge on any atom is -0.298 e. The maximum Gasteiger partial charge on any atom is 0.0115 e. The lowest BCUT2D eigenvalue weighted by molar-refractivity contribution is 0.103. The fraction of sp³-hybridized carbons (Fsp3) is 1.00. The van der Waals surface area contributed by atoms with E-state index in [-0.39, 0.29) is 0 Å². The lowest BCUT2D eigenvalue weighted by Gasteiger charge is -2.37. The van der Waals surface area contributed by atoms with Gasteiger partial charge in [-0.2, -0.15) is 0 Å². The van der Waals surface area contributed by atoms with Crippen molar-refractivity contribution in [2.24, 2.45) is 0 Å². The van der Waals surface area contributed by atoms with Gasteiger partial charge in [0.2, 0.25) is 0 Å². The minimum atomic E-state index is 0.613. The van der Waals surface area contributed by atoms with Crippen molar-refractivity contribution in [2.75, 3.05) is 39.3 Å². The van der Waals surface area contributed by atoms with Crippen LogP contribution in [0.2, 0.25) is 0 Å². The standard InChI is InChI=1S/C19H43N3.C14H32N2/c1-15(2)20(11-13-21(16(3)4)17(5)6)12-14-22(18(7)8)19(9)10;1-11(2)15(12(3)4)9-10-16(13(5)6)14(7)8/h15-19H,11-14H2,1-10H3;11-14H,9-10H2,1-8H3. The molecule has 38 heavy (non-hydrogen) atoms. The van der Waals surface area contributed by atoms with E-state index in [1.54, 1.807) is 0 Å². The maximum absolute atomic E-state index is 2.63. The highest BCUT2D eigenvalue weighted by Gasteiger charge is 2.20. The summed E-state index contributed by atoms with van der Waals surface area (Å²) in [5.74, 6) is 0. The molecule has 0 aliphatic carbocycles. The van der Waals surface area contributed by atoms with Crippen molar-refractivity contribution in [3.63, 3.8) is 0 Å². The molecule has 0 aliphatic rings. The minimum absolute atomic E-state index is 0.613. The monoisotopic (exact) mass is 542 g/mol. The highest BCUT2D eigenvalue weighted by Crippen LogP contribution is 2.10. The Hall–Kier alpha value is -0.200. The van der Waals surface area contributed by atoms with E-state index in [2.05, 4.69) is 149 Å². The van der Waals surface area contributed by atoms with Crippen molar-refractivity contribution in [3.8, 4) is 0 Å². The number of nitrogens with zero attached hydrogens (tertiary/aromatic N) is 5. The average Bonchev–Trinajstić information content (AvgIpc) is 2.73. The predicted molar refractivity (Wildman–Crippen MR) is 175 cm³/mol. The van der Waals surface area contributed by atoms with E-state index in [9.17, 15) is 0 Å². The second kappa shape index (κ2) is 20.6. The third kappa shape index (κ3) is 16.8. The van der Waals surface area contributed by atoms with Gasteiger partial charge in [0.15, 0.2) is 0 Å². The second-order valence-corrected chi connectivity index (χ2v) is 13.8. The molecule has 0 saturated heterocycles. The van der Waals surface area contributed by atoms with Gasteiger partial charge in [0, 0.05) is 93.6 Å². The summed E-state index contributed by atoms with van der Waals surface area (Å²) in [6.07, 6.45) is 0. The highest BCUT2D eigenvalue weighted by atomic mass is 15.3. The fourth-order valence-electron chi connectivity index (χ4n) is 5.80. The Kier molecular flexibility index (Phi) is 21.7. The summed E-state index contributed by atoms with van der Waals surface area (Å²) in [5.41, 5.74) is 0. The van der Waals surface area contributed by atoms with Crippen LogP contribution in [0, 0.1) is 0 Å². The zero-order chi connectivity index (χ0) is 30.3. The summed E-state index contributed by atoms with van der Waals surface area (Å²) in [7, 11) is 0. The van der Waals surface area contributed by atoms with E-state index >= 15 is 0 Å². The van der Waals surface area contributed by atoms with Gasteiger partial charge in [-0.05, 0) is 125 Å². The molecular formula is C33H75N5. The van der Waals surface area contributed by atoms with Crippen LogP contribution in [0.4, 0.5) is 0 Å². The lowest BCUT2D eigenvalue weighted by atomic mass is 10.2. The normalized spacial score (nSPS) is 13.3. The van der Waals surface area contributed by atoms with E-state index < -0.39 is 0 Å². The topological polar surface area (TPSA) is 16.2 Å². The number of rotatable bonds is 18. The quantitative estimate of drug-likeness (QED) is 0.182. The molecule has 0 fully saturated rings. The fourth-order valence-corrected chi connectivity index (χ4v) is 5.80. The van der Waals surface area contributed by atoms with Crippen molar-refractivity contribution in [1.82, 2.24) is 24.5 Å². The Morgan fingerprint density at radius 3 is 0.526 bits per heavy atom. The van der Waals surface area contributed by atoms with Gasteiger partial charge in [-0.15, -0.1) is 0 Å². The molecule has 0 atom stereocenters. The van der Waals surface area contributed by atoms with Gasteiger partial charge in [0.1, 0.15) is 0 Å². The van der Waals surface area contributed by atoms with Crippen LogP contribution in [0.3, 0.4) is 0 Å². The summed E-state index contributed by atoms with van der Waals surface area (Å²) in [6.45, 7) is 48.4. The number of hydrogen-bond acceptors (Lipinski definition) is 5. The largest absolute Gasteiger partial charge is 0.298 e. The Bertz CT molecular complexity index is 464. The Morgan fingerprint density at radius 2 is 0.395 bits per heavy atom. The molecule has 5 nitrogen and oxygen atoms in total. The zero-order valence-corrected chi connectivity index (χ0v) is 29.7. The molecule has 0 spiro atoms. The molecule has 0 N–H and O–H groups in total. The first-order valence-electron chi connectivity index (χ1n) is 16.1. The van der Waals surface area contributed by atoms with Gasteiger partial charge in [-0.25, -0.2) is 0 Å². The summed E-state index contributed by atoms with van der Waals surface area (Å²) in [5, 5.41) is 0. The van der Waals surface area contributed by atoms with Gasteiger partial charge in [0.25, 0.3) is 0 Å². The molecule has 0 radical (unpaired) electrons. The number of hydrogen-bond donors (Lipinski definition) is 0. The van der Waals surface area contributed by atoms with Gasteiger partial charge < -0.3 is 0 Å². The highest BCUT2D eigenvalue weighted by molar-refractivity contribution is 4.75. The van der Waals surface area contributed by atoms with E-state index in [0.717, 1.165) is 26.2 Å². The molecule has 0 amide bonds. The molecule has 0 rings (SSSR count). The zero-order valence-electron chi connectivity index (χ0n) is 29.7.